The van der Waals surface area contributed by atoms with Crippen molar-refractivity contribution in [2.24, 2.45) is 0 Å². The van der Waals surface area contributed by atoms with Crippen LogP contribution >= 0.6 is 0 Å². The first-order valence-electron chi connectivity index (χ1n) is 10.5. The highest BCUT2D eigenvalue weighted by atomic mass is 19.1. The van der Waals surface area contributed by atoms with Crippen LogP contribution in [0.15, 0.2) is 67.1 Å². The molecule has 33 heavy (non-hydrogen) atoms. The van der Waals surface area contributed by atoms with Gasteiger partial charge in [0, 0.05) is 6.20 Å². The Morgan fingerprint density at radius 1 is 1.06 bits per heavy atom. The van der Waals surface area contributed by atoms with E-state index in [9.17, 15) is 9.18 Å². The predicted molar refractivity (Wildman–Crippen MR) is 121 cm³/mol. The van der Waals surface area contributed by atoms with E-state index in [0.29, 0.717) is 6.54 Å². The van der Waals surface area contributed by atoms with Crippen LogP contribution in [0.4, 0.5) is 10.3 Å². The molecule has 8 nitrogen and oxygen atoms in total. The molecule has 0 aliphatic carbocycles. The lowest BCUT2D eigenvalue weighted by atomic mass is 9.87. The number of nitrogens with one attached hydrogen (secondary N) is 1. The monoisotopic (exact) mass is 448 g/mol. The van der Waals surface area contributed by atoms with Gasteiger partial charge in [-0.05, 0) is 46.9 Å². The minimum Gasteiger partial charge on any atom is -0.471 e. The fourth-order valence-corrected chi connectivity index (χ4v) is 3.16. The van der Waals surface area contributed by atoms with E-state index in [1.54, 1.807) is 24.4 Å². The summed E-state index contributed by atoms with van der Waals surface area (Å²) < 4.78 is 22.1. The zero-order chi connectivity index (χ0) is 23.4. The quantitative estimate of drug-likeness (QED) is 0.457. The molecule has 0 spiro atoms. The highest BCUT2D eigenvalue weighted by Crippen LogP contribution is 2.24. The maximum absolute atomic E-state index is 13.3. The predicted octanol–water partition coefficient (Wildman–Crippen LogP) is 4.25. The van der Waals surface area contributed by atoms with Crippen molar-refractivity contribution in [2.45, 2.75) is 39.5 Å². The molecule has 0 saturated heterocycles. The third kappa shape index (κ3) is 5.82. The van der Waals surface area contributed by atoms with Gasteiger partial charge in [-0.25, -0.2) is 18.7 Å². The molecule has 0 saturated carbocycles. The van der Waals surface area contributed by atoms with E-state index in [0.717, 1.165) is 11.3 Å². The molecular weight excluding hydrogens is 423 g/mol. The van der Waals surface area contributed by atoms with Crippen molar-refractivity contribution in [1.82, 2.24) is 24.5 Å². The molecule has 1 amide bonds. The summed E-state index contributed by atoms with van der Waals surface area (Å²) in [4.78, 5) is 16.6. The number of amides is 1. The van der Waals surface area contributed by atoms with Crippen LogP contribution in [0.5, 0.6) is 5.75 Å². The Morgan fingerprint density at radius 3 is 2.58 bits per heavy atom. The Kier molecular flexibility index (Phi) is 6.21. The molecular formula is C24H25FN6O2. The highest BCUT2D eigenvalue weighted by molar-refractivity contribution is 6.01. The number of ether oxygens (including phenoxy) is 1. The molecule has 0 aliphatic heterocycles. The number of halogens is 1. The average molecular weight is 449 g/mol. The van der Waals surface area contributed by atoms with Gasteiger partial charge in [-0.2, -0.15) is 5.10 Å². The lowest BCUT2D eigenvalue weighted by Crippen LogP contribution is -2.15. The molecule has 0 aliphatic rings. The van der Waals surface area contributed by atoms with Crippen LogP contribution in [-0.2, 0) is 18.7 Å². The van der Waals surface area contributed by atoms with Crippen LogP contribution in [0.2, 0.25) is 0 Å². The van der Waals surface area contributed by atoms with E-state index in [1.807, 2.05) is 24.3 Å². The summed E-state index contributed by atoms with van der Waals surface area (Å²) in [6.45, 7) is 6.97. The molecule has 2 aromatic carbocycles. The normalized spacial score (nSPS) is 11.4. The number of carbonyl (C=O) groups excluding carboxylic acids is 1. The molecule has 4 aromatic rings. The third-order valence-electron chi connectivity index (χ3n) is 4.95. The molecule has 0 unspecified atom stereocenters. The molecule has 0 fully saturated rings. The van der Waals surface area contributed by atoms with E-state index < -0.39 is 5.91 Å². The van der Waals surface area contributed by atoms with Crippen molar-refractivity contribution in [3.8, 4) is 5.75 Å². The second-order valence-corrected chi connectivity index (χ2v) is 8.64. The summed E-state index contributed by atoms with van der Waals surface area (Å²) in [7, 11) is 0. The standard InChI is InChI=1S/C24H25FN6O2/c1-24(2,3)18-7-9-20(10-8-18)33-16-30-12-11-21(28-30)22(32)27-23-26-15-31(29-23)14-17-5-4-6-19(25)13-17/h4-13,15H,14,16H2,1-3H3,(H,27,29,32). The van der Waals surface area contributed by atoms with Gasteiger partial charge >= 0.3 is 0 Å². The van der Waals surface area contributed by atoms with Crippen LogP contribution in [0.1, 0.15) is 42.4 Å². The maximum atomic E-state index is 13.3. The molecule has 0 bridgehead atoms. The topological polar surface area (TPSA) is 86.9 Å². The minimum atomic E-state index is -0.438. The molecule has 1 N–H and O–H groups in total. The van der Waals surface area contributed by atoms with Crippen molar-refractivity contribution in [3.63, 3.8) is 0 Å². The van der Waals surface area contributed by atoms with Crippen LogP contribution in [0, 0.1) is 5.82 Å². The summed E-state index contributed by atoms with van der Waals surface area (Å²) >= 11 is 0. The van der Waals surface area contributed by atoms with Crippen LogP contribution in [0.25, 0.3) is 0 Å². The highest BCUT2D eigenvalue weighted by Gasteiger charge is 2.14. The Labute approximate surface area is 191 Å². The number of anilines is 1. The Balaban J connectivity index is 1.31. The van der Waals surface area contributed by atoms with E-state index in [1.165, 1.54) is 33.4 Å². The number of aromatic nitrogens is 5. The zero-order valence-electron chi connectivity index (χ0n) is 18.7. The second-order valence-electron chi connectivity index (χ2n) is 8.64. The first kappa shape index (κ1) is 22.2. The van der Waals surface area contributed by atoms with Gasteiger partial charge in [-0.15, -0.1) is 5.10 Å². The summed E-state index contributed by atoms with van der Waals surface area (Å²) in [6.07, 6.45) is 3.13. The smallest absolute Gasteiger partial charge is 0.278 e. The van der Waals surface area contributed by atoms with Crippen molar-refractivity contribution in [2.75, 3.05) is 5.32 Å². The van der Waals surface area contributed by atoms with Crippen molar-refractivity contribution in [3.05, 3.63) is 89.8 Å². The van der Waals surface area contributed by atoms with Crippen molar-refractivity contribution >= 4 is 11.9 Å². The van der Waals surface area contributed by atoms with Gasteiger partial charge in [0.25, 0.3) is 5.91 Å². The minimum absolute atomic E-state index is 0.0763. The summed E-state index contributed by atoms with van der Waals surface area (Å²) in [5.41, 5.74) is 2.25. The SMILES string of the molecule is CC(C)(C)c1ccc(OCn2ccc(C(=O)Nc3ncn(Cc4cccc(F)c4)n3)n2)cc1. The average Bonchev–Trinajstić information content (AvgIpc) is 3.42. The van der Waals surface area contributed by atoms with Crippen LogP contribution in [0.3, 0.4) is 0 Å². The molecule has 0 radical (unpaired) electrons. The summed E-state index contributed by atoms with van der Waals surface area (Å²) in [5, 5.41) is 11.0. The fourth-order valence-electron chi connectivity index (χ4n) is 3.16. The van der Waals surface area contributed by atoms with Gasteiger partial charge in [0.05, 0.1) is 6.54 Å². The van der Waals surface area contributed by atoms with Crippen LogP contribution < -0.4 is 10.1 Å². The summed E-state index contributed by atoms with van der Waals surface area (Å²) in [5.74, 6) is 0.105. The number of carbonyl (C=O) groups is 1. The third-order valence-corrected chi connectivity index (χ3v) is 4.95. The zero-order valence-corrected chi connectivity index (χ0v) is 18.7. The Morgan fingerprint density at radius 2 is 1.85 bits per heavy atom. The molecule has 9 heteroatoms. The number of hydrogen-bond acceptors (Lipinski definition) is 5. The number of benzene rings is 2. The fraction of sp³-hybridized carbons (Fsp3) is 0.250. The van der Waals surface area contributed by atoms with Gasteiger partial charge in [-0.3, -0.25) is 10.1 Å². The van der Waals surface area contributed by atoms with Crippen LogP contribution in [-0.4, -0.2) is 30.5 Å². The van der Waals surface area contributed by atoms with E-state index >= 15 is 0 Å². The van der Waals surface area contributed by atoms with Gasteiger partial charge in [0.1, 0.15) is 17.9 Å². The van der Waals surface area contributed by atoms with E-state index in [2.05, 4.69) is 41.3 Å². The molecule has 2 aromatic heterocycles. The largest absolute Gasteiger partial charge is 0.471 e. The van der Waals surface area contributed by atoms with Crippen molar-refractivity contribution in [1.29, 1.82) is 0 Å². The molecule has 2 heterocycles. The maximum Gasteiger partial charge on any atom is 0.278 e. The first-order chi connectivity index (χ1) is 15.8. The lowest BCUT2D eigenvalue weighted by molar-refractivity contribution is 0.101. The van der Waals surface area contributed by atoms with E-state index in [-0.39, 0.29) is 29.6 Å². The molecule has 170 valence electrons. The molecule has 0 atom stereocenters. The lowest BCUT2D eigenvalue weighted by Gasteiger charge is -2.19. The first-order valence-corrected chi connectivity index (χ1v) is 10.5. The Hall–Kier alpha value is -4.01. The van der Waals surface area contributed by atoms with Gasteiger partial charge in [0.2, 0.25) is 5.95 Å². The van der Waals surface area contributed by atoms with Crippen molar-refractivity contribution < 1.29 is 13.9 Å². The number of hydrogen-bond donors (Lipinski definition) is 1. The summed E-state index contributed by atoms with van der Waals surface area (Å²) in [6, 6.07) is 15.7. The van der Waals surface area contributed by atoms with Gasteiger partial charge < -0.3 is 4.74 Å². The second kappa shape index (κ2) is 9.23. The van der Waals surface area contributed by atoms with Gasteiger partial charge in [-0.1, -0.05) is 45.0 Å². The van der Waals surface area contributed by atoms with Gasteiger partial charge in [0.15, 0.2) is 12.4 Å². The number of nitrogens with zero attached hydrogens (tertiary/aromatic N) is 5. The van der Waals surface area contributed by atoms with E-state index in [4.69, 9.17) is 4.74 Å². The molecule has 4 rings (SSSR count). The number of rotatable bonds is 7. The Bertz CT molecular complexity index is 1240.